The largest absolute Gasteiger partial charge is 0.459 e. The normalized spacial score (nSPS) is 12.8. The Morgan fingerprint density at radius 3 is 2.59 bits per heavy atom. The van der Waals surface area contributed by atoms with Crippen LogP contribution in [0.15, 0.2) is 63.9 Å². The fourth-order valence-corrected chi connectivity index (χ4v) is 3.21. The summed E-state index contributed by atoms with van der Waals surface area (Å²) in [6, 6.07) is 13.0. The van der Waals surface area contributed by atoms with E-state index in [1.165, 1.54) is 0 Å². The van der Waals surface area contributed by atoms with Gasteiger partial charge in [0, 0.05) is 5.39 Å². The lowest BCUT2D eigenvalue weighted by Crippen LogP contribution is -2.34. The number of hydrogen-bond donors (Lipinski definition) is 2. The van der Waals surface area contributed by atoms with Gasteiger partial charge in [0.05, 0.1) is 10.9 Å². The topological polar surface area (TPSA) is 97.6 Å². The number of nitrogens with one attached hydrogen (secondary N) is 2. The molecule has 0 radical (unpaired) electrons. The molecule has 0 saturated heterocycles. The van der Waals surface area contributed by atoms with Crippen LogP contribution in [0.3, 0.4) is 0 Å². The van der Waals surface area contributed by atoms with Gasteiger partial charge in [-0.05, 0) is 43.3 Å². The number of furan rings is 1. The van der Waals surface area contributed by atoms with Gasteiger partial charge < -0.3 is 9.73 Å². The summed E-state index contributed by atoms with van der Waals surface area (Å²) in [5, 5.41) is 3.56. The standard InChI is InChI=1S/C18H17FN2O5S/c1-12(17-10-13-4-2-3-5-16(13)26-17)20-18(22)11-25-21-27(23,24)15-8-6-14(19)7-9-15/h2-10,12,21H,11H2,1H3,(H,20,22)/t12-/m1/s1. The molecule has 3 rings (SSSR count). The molecule has 1 heterocycles. The van der Waals surface area contributed by atoms with Crippen molar-refractivity contribution in [3.8, 4) is 0 Å². The summed E-state index contributed by atoms with van der Waals surface area (Å²) in [5.41, 5.74) is 0.705. The first-order valence-electron chi connectivity index (χ1n) is 8.02. The summed E-state index contributed by atoms with van der Waals surface area (Å²) in [4.78, 5) is 18.4. The van der Waals surface area contributed by atoms with Crippen LogP contribution in [0.1, 0.15) is 18.7 Å². The van der Waals surface area contributed by atoms with Crippen LogP contribution in [0, 0.1) is 5.82 Å². The van der Waals surface area contributed by atoms with Gasteiger partial charge in [-0.15, -0.1) is 0 Å². The summed E-state index contributed by atoms with van der Waals surface area (Å²) in [6.07, 6.45) is 0. The van der Waals surface area contributed by atoms with E-state index in [4.69, 9.17) is 9.25 Å². The molecule has 2 aromatic carbocycles. The first-order chi connectivity index (χ1) is 12.8. The predicted molar refractivity (Wildman–Crippen MR) is 95.4 cm³/mol. The Kier molecular flexibility index (Phi) is 5.54. The molecule has 7 nitrogen and oxygen atoms in total. The molecule has 0 aliphatic heterocycles. The van der Waals surface area contributed by atoms with Crippen molar-refractivity contribution in [2.24, 2.45) is 0 Å². The number of carbonyl (C=O) groups excluding carboxylic acids is 1. The fraction of sp³-hybridized carbons (Fsp3) is 0.167. The molecule has 0 spiro atoms. The van der Waals surface area contributed by atoms with Crippen molar-refractivity contribution in [3.63, 3.8) is 0 Å². The second-order valence-corrected chi connectivity index (χ2v) is 7.45. The van der Waals surface area contributed by atoms with E-state index >= 15 is 0 Å². The third-order valence-electron chi connectivity index (χ3n) is 3.74. The van der Waals surface area contributed by atoms with Crippen LogP contribution < -0.4 is 10.2 Å². The van der Waals surface area contributed by atoms with Gasteiger partial charge in [0.1, 0.15) is 23.8 Å². The van der Waals surface area contributed by atoms with Crippen molar-refractivity contribution in [3.05, 3.63) is 66.2 Å². The minimum Gasteiger partial charge on any atom is -0.459 e. The van der Waals surface area contributed by atoms with Gasteiger partial charge in [-0.3, -0.25) is 9.63 Å². The van der Waals surface area contributed by atoms with Crippen LogP contribution in [0.25, 0.3) is 11.0 Å². The molecule has 3 aromatic rings. The molecule has 0 unspecified atom stereocenters. The molecule has 0 fully saturated rings. The highest BCUT2D eigenvalue weighted by molar-refractivity contribution is 7.89. The van der Waals surface area contributed by atoms with E-state index in [-0.39, 0.29) is 4.90 Å². The molecule has 9 heteroatoms. The first kappa shape index (κ1) is 19.0. The highest BCUT2D eigenvalue weighted by Crippen LogP contribution is 2.23. The van der Waals surface area contributed by atoms with Crippen molar-refractivity contribution in [2.75, 3.05) is 6.61 Å². The molecule has 0 saturated carbocycles. The SMILES string of the molecule is C[C@@H](NC(=O)CONS(=O)(=O)c1ccc(F)cc1)c1cc2ccccc2o1. The van der Waals surface area contributed by atoms with Gasteiger partial charge in [0.2, 0.25) is 5.91 Å². The van der Waals surface area contributed by atoms with Crippen LogP contribution in [-0.2, 0) is 19.7 Å². The van der Waals surface area contributed by atoms with E-state index in [9.17, 15) is 17.6 Å². The number of hydrogen-bond acceptors (Lipinski definition) is 5. The molecule has 0 aliphatic carbocycles. The van der Waals surface area contributed by atoms with E-state index in [0.717, 1.165) is 29.7 Å². The van der Waals surface area contributed by atoms with Crippen LogP contribution in [0.2, 0.25) is 0 Å². The second kappa shape index (κ2) is 7.87. The second-order valence-electron chi connectivity index (χ2n) is 5.81. The Morgan fingerprint density at radius 2 is 1.89 bits per heavy atom. The monoisotopic (exact) mass is 392 g/mol. The molecule has 1 atom stereocenters. The summed E-state index contributed by atoms with van der Waals surface area (Å²) < 4.78 is 42.4. The quantitative estimate of drug-likeness (QED) is 0.603. The zero-order chi connectivity index (χ0) is 19.4. The third kappa shape index (κ3) is 4.70. The van der Waals surface area contributed by atoms with E-state index in [2.05, 4.69) is 5.32 Å². The molecule has 27 heavy (non-hydrogen) atoms. The van der Waals surface area contributed by atoms with Crippen LogP contribution in [0.4, 0.5) is 4.39 Å². The number of halogens is 1. The molecule has 1 aromatic heterocycles. The van der Waals surface area contributed by atoms with Crippen molar-refractivity contribution in [1.82, 2.24) is 10.2 Å². The van der Waals surface area contributed by atoms with Crippen molar-refractivity contribution >= 4 is 26.9 Å². The van der Waals surface area contributed by atoms with Crippen LogP contribution in [-0.4, -0.2) is 20.9 Å². The highest BCUT2D eigenvalue weighted by atomic mass is 32.2. The smallest absolute Gasteiger partial charge is 0.262 e. The van der Waals surface area contributed by atoms with E-state index in [0.29, 0.717) is 11.3 Å². The van der Waals surface area contributed by atoms with Crippen molar-refractivity contribution in [2.45, 2.75) is 17.9 Å². The maximum Gasteiger partial charge on any atom is 0.262 e. The molecule has 2 N–H and O–H groups in total. The third-order valence-corrected chi connectivity index (χ3v) is 4.97. The van der Waals surface area contributed by atoms with Gasteiger partial charge in [-0.25, -0.2) is 12.8 Å². The summed E-state index contributed by atoms with van der Waals surface area (Å²) in [5.74, 6) is -0.532. The zero-order valence-electron chi connectivity index (χ0n) is 14.3. The number of para-hydroxylation sites is 1. The van der Waals surface area contributed by atoms with Gasteiger partial charge in [-0.1, -0.05) is 23.1 Å². The number of carbonyl (C=O) groups is 1. The van der Waals surface area contributed by atoms with E-state index in [1.807, 2.05) is 35.2 Å². The lowest BCUT2D eigenvalue weighted by molar-refractivity contribution is -0.127. The highest BCUT2D eigenvalue weighted by Gasteiger charge is 2.17. The minimum absolute atomic E-state index is 0.181. The van der Waals surface area contributed by atoms with Crippen LogP contribution >= 0.6 is 0 Å². The predicted octanol–water partition coefficient (Wildman–Crippen LogP) is 2.66. The maximum absolute atomic E-state index is 12.9. The van der Waals surface area contributed by atoms with Gasteiger partial charge >= 0.3 is 0 Å². The average molecular weight is 392 g/mol. The number of fused-ring (bicyclic) bond motifs is 1. The van der Waals surface area contributed by atoms with Crippen molar-refractivity contribution in [1.29, 1.82) is 0 Å². The molecular formula is C18H17FN2O5S. The van der Waals surface area contributed by atoms with Crippen LogP contribution in [0.5, 0.6) is 0 Å². The van der Waals surface area contributed by atoms with Gasteiger partial charge in [-0.2, -0.15) is 0 Å². The zero-order valence-corrected chi connectivity index (χ0v) is 15.1. The lowest BCUT2D eigenvalue weighted by Gasteiger charge is -2.12. The number of amides is 1. The summed E-state index contributed by atoms with van der Waals surface area (Å²) >= 11 is 0. The van der Waals surface area contributed by atoms with Gasteiger partial charge in [0.25, 0.3) is 10.0 Å². The Balaban J connectivity index is 1.52. The Morgan fingerprint density at radius 1 is 1.19 bits per heavy atom. The summed E-state index contributed by atoms with van der Waals surface area (Å²) in [7, 11) is -4.01. The van der Waals surface area contributed by atoms with Gasteiger partial charge in [0.15, 0.2) is 0 Å². The average Bonchev–Trinajstić information content (AvgIpc) is 3.06. The van der Waals surface area contributed by atoms with E-state index < -0.39 is 34.4 Å². The molecular weight excluding hydrogens is 375 g/mol. The molecule has 142 valence electrons. The molecule has 0 bridgehead atoms. The Labute approximate surface area is 155 Å². The number of benzene rings is 2. The first-order valence-corrected chi connectivity index (χ1v) is 9.50. The fourth-order valence-electron chi connectivity index (χ4n) is 2.40. The number of sulfonamides is 1. The lowest BCUT2D eigenvalue weighted by atomic mass is 10.2. The molecule has 0 aliphatic rings. The minimum atomic E-state index is -4.01. The van der Waals surface area contributed by atoms with Crippen molar-refractivity contribution < 1.29 is 26.9 Å². The Hall–Kier alpha value is -2.75. The summed E-state index contributed by atoms with van der Waals surface area (Å²) in [6.45, 7) is 1.20. The van der Waals surface area contributed by atoms with E-state index in [1.54, 1.807) is 6.92 Å². The Bertz CT molecular complexity index is 1010. The maximum atomic E-state index is 12.9. The number of rotatable bonds is 7. The molecule has 1 amide bonds.